The van der Waals surface area contributed by atoms with E-state index in [2.05, 4.69) is 15.9 Å². The lowest BCUT2D eigenvalue weighted by molar-refractivity contribution is 0.0163. The summed E-state index contributed by atoms with van der Waals surface area (Å²) in [5, 5.41) is 19.2. The van der Waals surface area contributed by atoms with E-state index in [0.29, 0.717) is 6.42 Å². The molecule has 0 amide bonds. The highest BCUT2D eigenvalue weighted by molar-refractivity contribution is 9.10. The lowest BCUT2D eigenvalue weighted by Gasteiger charge is -2.34. The zero-order valence-electron chi connectivity index (χ0n) is 11.1. The summed E-state index contributed by atoms with van der Waals surface area (Å²) in [4.78, 5) is 0. The minimum absolute atomic E-state index is 0.0230. The summed E-state index contributed by atoms with van der Waals surface area (Å²) >= 11 is 3.45. The average molecular weight is 317 g/mol. The maximum atomic E-state index is 9.58. The fraction of sp³-hybridized carbons (Fsp3) is 0.571. The number of halogens is 1. The Balaban J connectivity index is 2.98. The monoisotopic (exact) mass is 316 g/mol. The number of aliphatic hydroxyl groups excluding tert-OH is 2. The van der Waals surface area contributed by atoms with Crippen molar-refractivity contribution in [3.63, 3.8) is 0 Å². The van der Waals surface area contributed by atoms with E-state index in [0.717, 1.165) is 15.8 Å². The molecule has 102 valence electrons. The standard InChI is InChI=1S/C14H21BrO3/c1-10(2)14(8-16,9-17)7-11-4-5-13(18-3)12(15)6-11/h4-6,10,16-17H,7-9H2,1-3H3. The highest BCUT2D eigenvalue weighted by Crippen LogP contribution is 2.33. The third-order valence-corrected chi connectivity index (χ3v) is 4.25. The van der Waals surface area contributed by atoms with Gasteiger partial charge in [0.05, 0.1) is 24.8 Å². The Morgan fingerprint density at radius 1 is 1.28 bits per heavy atom. The van der Waals surface area contributed by atoms with Gasteiger partial charge in [0.1, 0.15) is 5.75 Å². The SMILES string of the molecule is COc1ccc(CC(CO)(CO)C(C)C)cc1Br. The zero-order chi connectivity index (χ0) is 13.8. The Hall–Kier alpha value is -0.580. The largest absolute Gasteiger partial charge is 0.496 e. The highest BCUT2D eigenvalue weighted by atomic mass is 79.9. The third-order valence-electron chi connectivity index (χ3n) is 3.63. The molecule has 0 unspecified atom stereocenters. The van der Waals surface area contributed by atoms with Crippen molar-refractivity contribution in [2.45, 2.75) is 20.3 Å². The van der Waals surface area contributed by atoms with Crippen LogP contribution in [0.25, 0.3) is 0 Å². The van der Waals surface area contributed by atoms with Crippen LogP contribution in [-0.4, -0.2) is 30.5 Å². The number of hydrogen-bond donors (Lipinski definition) is 2. The molecular formula is C14H21BrO3. The van der Waals surface area contributed by atoms with Crippen LogP contribution < -0.4 is 4.74 Å². The molecule has 2 N–H and O–H groups in total. The normalized spacial score (nSPS) is 11.9. The van der Waals surface area contributed by atoms with E-state index in [4.69, 9.17) is 4.74 Å². The van der Waals surface area contributed by atoms with E-state index in [1.54, 1.807) is 7.11 Å². The minimum Gasteiger partial charge on any atom is -0.496 e. The maximum absolute atomic E-state index is 9.58. The number of rotatable bonds is 6. The summed E-state index contributed by atoms with van der Waals surface area (Å²) < 4.78 is 6.07. The number of methoxy groups -OCH3 is 1. The van der Waals surface area contributed by atoms with Crippen LogP contribution in [0.2, 0.25) is 0 Å². The second-order valence-electron chi connectivity index (χ2n) is 4.98. The van der Waals surface area contributed by atoms with Crippen LogP contribution in [0.15, 0.2) is 22.7 Å². The molecule has 0 aliphatic rings. The molecule has 0 spiro atoms. The van der Waals surface area contributed by atoms with Gasteiger partial charge in [0, 0.05) is 5.41 Å². The first-order chi connectivity index (χ1) is 8.49. The molecule has 0 heterocycles. The van der Waals surface area contributed by atoms with E-state index in [1.165, 1.54) is 0 Å². The van der Waals surface area contributed by atoms with Crippen molar-refractivity contribution >= 4 is 15.9 Å². The second kappa shape index (κ2) is 6.55. The predicted octanol–water partition coefficient (Wildman–Crippen LogP) is 2.63. The highest BCUT2D eigenvalue weighted by Gasteiger charge is 2.32. The van der Waals surface area contributed by atoms with Gasteiger partial charge in [-0.3, -0.25) is 0 Å². The van der Waals surface area contributed by atoms with Gasteiger partial charge >= 0.3 is 0 Å². The zero-order valence-corrected chi connectivity index (χ0v) is 12.7. The Morgan fingerprint density at radius 2 is 1.89 bits per heavy atom. The smallest absolute Gasteiger partial charge is 0.133 e. The number of ether oxygens (including phenoxy) is 1. The van der Waals surface area contributed by atoms with Crippen molar-refractivity contribution in [3.8, 4) is 5.75 Å². The van der Waals surface area contributed by atoms with Crippen molar-refractivity contribution in [2.24, 2.45) is 11.3 Å². The Labute approximate surface area is 117 Å². The maximum Gasteiger partial charge on any atom is 0.133 e. The van der Waals surface area contributed by atoms with Crippen LogP contribution in [0.3, 0.4) is 0 Å². The quantitative estimate of drug-likeness (QED) is 0.848. The lowest BCUT2D eigenvalue weighted by atomic mass is 9.74. The fourth-order valence-electron chi connectivity index (χ4n) is 1.96. The summed E-state index contributed by atoms with van der Waals surface area (Å²) in [7, 11) is 1.62. The fourth-order valence-corrected chi connectivity index (χ4v) is 2.55. The van der Waals surface area contributed by atoms with Crippen LogP contribution >= 0.6 is 15.9 Å². The lowest BCUT2D eigenvalue weighted by Crippen LogP contribution is -2.37. The van der Waals surface area contributed by atoms with Crippen molar-refractivity contribution < 1.29 is 14.9 Å². The summed E-state index contributed by atoms with van der Waals surface area (Å²) in [6.07, 6.45) is 0.639. The van der Waals surface area contributed by atoms with Crippen LogP contribution in [0.1, 0.15) is 19.4 Å². The summed E-state index contributed by atoms with van der Waals surface area (Å²) in [5.74, 6) is 0.982. The molecule has 1 aromatic carbocycles. The summed E-state index contributed by atoms with van der Waals surface area (Å²) in [5.41, 5.74) is 0.591. The number of aliphatic hydroxyl groups is 2. The van der Waals surface area contributed by atoms with Crippen LogP contribution in [-0.2, 0) is 6.42 Å². The topological polar surface area (TPSA) is 49.7 Å². The molecule has 1 aromatic rings. The average Bonchev–Trinajstić information content (AvgIpc) is 2.36. The molecule has 1 rings (SSSR count). The summed E-state index contributed by atoms with van der Waals surface area (Å²) in [6.45, 7) is 3.99. The molecular weight excluding hydrogens is 296 g/mol. The Kier molecular flexibility index (Phi) is 5.63. The third kappa shape index (κ3) is 3.25. The first kappa shape index (κ1) is 15.5. The first-order valence-corrected chi connectivity index (χ1v) is 6.82. The van der Waals surface area contributed by atoms with Gasteiger partial charge in [-0.1, -0.05) is 19.9 Å². The van der Waals surface area contributed by atoms with E-state index >= 15 is 0 Å². The van der Waals surface area contributed by atoms with Gasteiger partial charge in [-0.25, -0.2) is 0 Å². The molecule has 0 aromatic heterocycles. The molecule has 0 radical (unpaired) electrons. The minimum atomic E-state index is -0.478. The van der Waals surface area contributed by atoms with Crippen molar-refractivity contribution in [2.75, 3.05) is 20.3 Å². The molecule has 4 heteroatoms. The predicted molar refractivity (Wildman–Crippen MR) is 75.8 cm³/mol. The first-order valence-electron chi connectivity index (χ1n) is 6.03. The van der Waals surface area contributed by atoms with Crippen LogP contribution in [0.5, 0.6) is 5.75 Å². The Bertz CT molecular complexity index is 387. The van der Waals surface area contributed by atoms with Gasteiger partial charge in [0.15, 0.2) is 0 Å². The molecule has 0 atom stereocenters. The molecule has 0 aliphatic heterocycles. The number of hydrogen-bond acceptors (Lipinski definition) is 3. The molecule has 3 nitrogen and oxygen atoms in total. The van der Waals surface area contributed by atoms with E-state index in [1.807, 2.05) is 32.0 Å². The molecule has 0 saturated carbocycles. The molecule has 0 saturated heterocycles. The number of benzene rings is 1. The second-order valence-corrected chi connectivity index (χ2v) is 5.83. The van der Waals surface area contributed by atoms with Crippen LogP contribution in [0, 0.1) is 11.3 Å². The van der Waals surface area contributed by atoms with Crippen LogP contribution in [0.4, 0.5) is 0 Å². The van der Waals surface area contributed by atoms with E-state index < -0.39 is 5.41 Å². The summed E-state index contributed by atoms with van der Waals surface area (Å²) in [6, 6.07) is 5.83. The molecule has 18 heavy (non-hydrogen) atoms. The van der Waals surface area contributed by atoms with Gasteiger partial charge in [-0.05, 0) is 46.0 Å². The van der Waals surface area contributed by atoms with E-state index in [9.17, 15) is 10.2 Å². The van der Waals surface area contributed by atoms with Gasteiger partial charge in [-0.2, -0.15) is 0 Å². The van der Waals surface area contributed by atoms with Crippen molar-refractivity contribution in [1.29, 1.82) is 0 Å². The van der Waals surface area contributed by atoms with Gasteiger partial charge in [-0.15, -0.1) is 0 Å². The Morgan fingerprint density at radius 3 is 2.28 bits per heavy atom. The van der Waals surface area contributed by atoms with Crippen molar-refractivity contribution in [3.05, 3.63) is 28.2 Å². The molecule has 0 fully saturated rings. The van der Waals surface area contributed by atoms with E-state index in [-0.39, 0.29) is 19.1 Å². The van der Waals surface area contributed by atoms with Crippen molar-refractivity contribution in [1.82, 2.24) is 0 Å². The molecule has 0 aliphatic carbocycles. The molecule has 0 bridgehead atoms. The van der Waals surface area contributed by atoms with Gasteiger partial charge < -0.3 is 14.9 Å². The van der Waals surface area contributed by atoms with Gasteiger partial charge in [0.2, 0.25) is 0 Å². The van der Waals surface area contributed by atoms with Gasteiger partial charge in [0.25, 0.3) is 0 Å².